The fourth-order valence-corrected chi connectivity index (χ4v) is 3.36. The number of hydrogen-bond acceptors (Lipinski definition) is 9. The second-order valence-electron chi connectivity index (χ2n) is 6.44. The van der Waals surface area contributed by atoms with E-state index in [4.69, 9.17) is 9.47 Å². The number of ketones is 1. The van der Waals surface area contributed by atoms with Gasteiger partial charge < -0.3 is 18.9 Å². The van der Waals surface area contributed by atoms with Gasteiger partial charge in [-0.1, -0.05) is 24.3 Å². The molecule has 0 N–H and O–H groups in total. The Bertz CT molecular complexity index is 881. The van der Waals surface area contributed by atoms with E-state index in [1.54, 1.807) is 24.3 Å². The molecule has 1 aliphatic rings. The van der Waals surface area contributed by atoms with Crippen LogP contribution in [-0.4, -0.2) is 58.1 Å². The molecule has 0 amide bonds. The molecule has 0 heterocycles. The molecule has 2 rings (SSSR count). The summed E-state index contributed by atoms with van der Waals surface area (Å²) < 4.78 is 18.7. The van der Waals surface area contributed by atoms with Gasteiger partial charge in [-0.25, -0.2) is 0 Å². The Labute approximate surface area is 172 Å². The van der Waals surface area contributed by atoms with Gasteiger partial charge in [0.05, 0.1) is 28.4 Å². The molecule has 0 saturated carbocycles. The van der Waals surface area contributed by atoms with Gasteiger partial charge in [0.1, 0.15) is 0 Å². The van der Waals surface area contributed by atoms with E-state index in [0.717, 1.165) is 28.4 Å². The number of carbonyl (C=O) groups is 5. The highest BCUT2D eigenvalue weighted by Gasteiger charge is 2.39. The van der Waals surface area contributed by atoms with E-state index in [2.05, 4.69) is 9.47 Å². The molecule has 0 bridgehead atoms. The van der Waals surface area contributed by atoms with Crippen LogP contribution < -0.4 is 0 Å². The van der Waals surface area contributed by atoms with Crippen LogP contribution >= 0.6 is 0 Å². The van der Waals surface area contributed by atoms with Crippen molar-refractivity contribution in [1.29, 1.82) is 0 Å². The average Bonchev–Trinajstić information content (AvgIpc) is 3.04. The summed E-state index contributed by atoms with van der Waals surface area (Å²) in [6, 6.07) is 6.60. The van der Waals surface area contributed by atoms with Crippen LogP contribution in [0.1, 0.15) is 28.8 Å². The molecule has 0 saturated heterocycles. The summed E-state index contributed by atoms with van der Waals surface area (Å²) in [7, 11) is 4.49. The van der Waals surface area contributed by atoms with E-state index < -0.39 is 41.5 Å². The van der Waals surface area contributed by atoms with Gasteiger partial charge in [0.25, 0.3) is 0 Å². The minimum atomic E-state index is -1.38. The zero-order valence-electron chi connectivity index (χ0n) is 17.1. The predicted octanol–water partition coefficient (Wildman–Crippen LogP) is 1.34. The third-order valence-electron chi connectivity index (χ3n) is 4.89. The number of esters is 4. The number of hydrogen-bond donors (Lipinski definition) is 0. The minimum Gasteiger partial charge on any atom is -0.468 e. The quantitative estimate of drug-likeness (QED) is 0.350. The zero-order chi connectivity index (χ0) is 22.4. The number of fused-ring (bicyclic) bond motifs is 1. The zero-order valence-corrected chi connectivity index (χ0v) is 17.1. The van der Waals surface area contributed by atoms with Crippen LogP contribution in [-0.2, 0) is 38.1 Å². The van der Waals surface area contributed by atoms with Crippen molar-refractivity contribution in [3.05, 3.63) is 41.0 Å². The topological polar surface area (TPSA) is 122 Å². The summed E-state index contributed by atoms with van der Waals surface area (Å²) >= 11 is 0. The van der Waals surface area contributed by atoms with Crippen molar-refractivity contribution in [1.82, 2.24) is 0 Å². The summed E-state index contributed by atoms with van der Waals surface area (Å²) in [5, 5.41) is 0. The first-order valence-electron chi connectivity index (χ1n) is 8.98. The molecule has 1 aliphatic carbocycles. The van der Waals surface area contributed by atoms with E-state index in [-0.39, 0.29) is 18.4 Å². The molecule has 0 unspecified atom stereocenters. The minimum absolute atomic E-state index is 0.120. The third kappa shape index (κ3) is 4.40. The van der Waals surface area contributed by atoms with Gasteiger partial charge >= 0.3 is 23.9 Å². The standard InChI is InChI=1S/C21H22O9/c1-27-18(23)15(19(24)28-2)9-13-11-7-5-6-8-12(11)17(22)14(13)10-16(20(25)29-3)21(26)30-4/h5-8,15-16H,9-10H2,1-4H3. The van der Waals surface area contributed by atoms with Gasteiger partial charge in [0.2, 0.25) is 0 Å². The van der Waals surface area contributed by atoms with Crippen LogP contribution in [0.15, 0.2) is 29.8 Å². The number of ether oxygens (including phenoxy) is 4. The monoisotopic (exact) mass is 418 g/mol. The van der Waals surface area contributed by atoms with Crippen molar-refractivity contribution in [3.8, 4) is 0 Å². The van der Waals surface area contributed by atoms with E-state index >= 15 is 0 Å². The summed E-state index contributed by atoms with van der Waals surface area (Å²) in [6.07, 6.45) is -0.510. The molecule has 0 spiro atoms. The maximum absolute atomic E-state index is 13.0. The first-order chi connectivity index (χ1) is 14.3. The number of Topliss-reactive ketones (excluding diaryl/α,β-unsaturated/α-hetero) is 1. The Morgan fingerprint density at radius 2 is 1.03 bits per heavy atom. The first-order valence-corrected chi connectivity index (χ1v) is 8.98. The summed E-state index contributed by atoms with van der Waals surface area (Å²) in [5.74, 6) is -6.50. The first kappa shape index (κ1) is 22.8. The Hall–Kier alpha value is -3.49. The van der Waals surface area contributed by atoms with Crippen LogP contribution in [0.3, 0.4) is 0 Å². The lowest BCUT2D eigenvalue weighted by Crippen LogP contribution is -2.28. The van der Waals surface area contributed by atoms with Gasteiger partial charge in [0, 0.05) is 17.6 Å². The SMILES string of the molecule is COC(=O)C(CC1=C(CC(C(=O)OC)C(=O)OC)c2ccccc2C1=O)C(=O)OC. The molecular weight excluding hydrogens is 396 g/mol. The predicted molar refractivity (Wildman–Crippen MR) is 102 cm³/mol. The van der Waals surface area contributed by atoms with Crippen LogP contribution in [0.4, 0.5) is 0 Å². The largest absolute Gasteiger partial charge is 0.468 e. The Morgan fingerprint density at radius 3 is 1.43 bits per heavy atom. The van der Waals surface area contributed by atoms with Gasteiger partial charge in [0.15, 0.2) is 17.6 Å². The smallest absolute Gasteiger partial charge is 0.320 e. The van der Waals surface area contributed by atoms with Gasteiger partial charge in [-0.2, -0.15) is 0 Å². The molecule has 1 aromatic rings. The summed E-state index contributed by atoms with van der Waals surface area (Å²) in [4.78, 5) is 61.6. The van der Waals surface area contributed by atoms with Crippen molar-refractivity contribution in [2.24, 2.45) is 11.8 Å². The summed E-state index contributed by atoms with van der Waals surface area (Å²) in [6.45, 7) is 0. The number of allylic oxidation sites excluding steroid dienone is 2. The van der Waals surface area contributed by atoms with Gasteiger partial charge in [-0.05, 0) is 17.6 Å². The number of benzene rings is 1. The van der Waals surface area contributed by atoms with E-state index in [0.29, 0.717) is 16.7 Å². The maximum atomic E-state index is 13.0. The highest BCUT2D eigenvalue weighted by atomic mass is 16.5. The molecule has 30 heavy (non-hydrogen) atoms. The molecule has 0 radical (unpaired) electrons. The maximum Gasteiger partial charge on any atom is 0.320 e. The Kier molecular flexibility index (Phi) is 7.46. The highest BCUT2D eigenvalue weighted by molar-refractivity contribution is 6.21. The van der Waals surface area contributed by atoms with Gasteiger partial charge in [-0.15, -0.1) is 0 Å². The lowest BCUT2D eigenvalue weighted by atomic mass is 9.90. The van der Waals surface area contributed by atoms with Crippen molar-refractivity contribution in [2.45, 2.75) is 12.8 Å². The van der Waals surface area contributed by atoms with E-state index in [9.17, 15) is 24.0 Å². The lowest BCUT2D eigenvalue weighted by Gasteiger charge is -2.17. The average molecular weight is 418 g/mol. The Morgan fingerprint density at radius 1 is 0.667 bits per heavy atom. The van der Waals surface area contributed by atoms with E-state index in [1.807, 2.05) is 0 Å². The van der Waals surface area contributed by atoms with Crippen LogP contribution in [0, 0.1) is 11.8 Å². The molecule has 0 aliphatic heterocycles. The molecule has 9 heteroatoms. The molecule has 1 aromatic carbocycles. The summed E-state index contributed by atoms with van der Waals surface area (Å²) in [5.41, 5.74) is 1.32. The van der Waals surface area contributed by atoms with Crippen molar-refractivity contribution in [2.75, 3.05) is 28.4 Å². The molecule has 0 fully saturated rings. The fourth-order valence-electron chi connectivity index (χ4n) is 3.36. The van der Waals surface area contributed by atoms with E-state index in [1.165, 1.54) is 0 Å². The van der Waals surface area contributed by atoms with Crippen LogP contribution in [0.25, 0.3) is 5.57 Å². The van der Waals surface area contributed by atoms with Crippen molar-refractivity contribution >= 4 is 35.2 Å². The number of methoxy groups -OCH3 is 4. The third-order valence-corrected chi connectivity index (χ3v) is 4.89. The normalized spacial score (nSPS) is 12.7. The van der Waals surface area contributed by atoms with Crippen molar-refractivity contribution in [3.63, 3.8) is 0 Å². The van der Waals surface area contributed by atoms with Crippen LogP contribution in [0.5, 0.6) is 0 Å². The molecule has 0 atom stereocenters. The molecule has 9 nitrogen and oxygen atoms in total. The fraction of sp³-hybridized carbons (Fsp3) is 0.381. The second kappa shape index (κ2) is 9.82. The van der Waals surface area contributed by atoms with Crippen LogP contribution in [0.2, 0.25) is 0 Å². The second-order valence-corrected chi connectivity index (χ2v) is 6.44. The van der Waals surface area contributed by atoms with Gasteiger partial charge in [-0.3, -0.25) is 24.0 Å². The molecule has 0 aromatic heterocycles. The number of rotatable bonds is 8. The molecular formula is C21H22O9. The molecule has 160 valence electrons. The van der Waals surface area contributed by atoms with Crippen molar-refractivity contribution < 1.29 is 42.9 Å². The number of carbonyl (C=O) groups excluding carboxylic acids is 5. The Balaban J connectivity index is 2.57. The highest BCUT2D eigenvalue weighted by Crippen LogP contribution is 2.40. The lowest BCUT2D eigenvalue weighted by molar-refractivity contribution is -0.160.